The standard InChI is InChI=1S/C18H32N2S/c1-4-6-8-10-12-16(13-11-9-7-5-2)17-14-15-19-18(20-17)21-3/h14-16H,4-13H2,1-3H3. The van der Waals surface area contributed by atoms with E-state index in [1.54, 1.807) is 11.8 Å². The molecule has 1 heterocycles. The molecule has 3 heteroatoms. The Hall–Kier alpha value is -0.570. The topological polar surface area (TPSA) is 25.8 Å². The van der Waals surface area contributed by atoms with Gasteiger partial charge >= 0.3 is 0 Å². The molecule has 0 saturated carbocycles. The van der Waals surface area contributed by atoms with Crippen LogP contribution < -0.4 is 0 Å². The highest BCUT2D eigenvalue weighted by molar-refractivity contribution is 7.98. The Kier molecular flexibility index (Phi) is 10.6. The minimum atomic E-state index is 0.632. The van der Waals surface area contributed by atoms with E-state index >= 15 is 0 Å². The lowest BCUT2D eigenvalue weighted by Crippen LogP contribution is -2.04. The molecule has 120 valence electrons. The molecular weight excluding hydrogens is 276 g/mol. The second-order valence-corrected chi connectivity index (χ2v) is 6.64. The smallest absolute Gasteiger partial charge is 0.187 e. The Morgan fingerprint density at radius 1 is 0.952 bits per heavy atom. The fraction of sp³-hybridized carbons (Fsp3) is 0.778. The van der Waals surface area contributed by atoms with Crippen molar-refractivity contribution in [2.24, 2.45) is 0 Å². The van der Waals surface area contributed by atoms with Crippen LogP contribution in [0.5, 0.6) is 0 Å². The maximum atomic E-state index is 4.74. The van der Waals surface area contributed by atoms with Crippen molar-refractivity contribution in [1.29, 1.82) is 0 Å². The van der Waals surface area contributed by atoms with Gasteiger partial charge in [0.25, 0.3) is 0 Å². The molecule has 0 atom stereocenters. The minimum Gasteiger partial charge on any atom is -0.231 e. The molecule has 0 unspecified atom stereocenters. The molecule has 0 aromatic carbocycles. The molecule has 0 bridgehead atoms. The highest BCUT2D eigenvalue weighted by Crippen LogP contribution is 2.28. The molecule has 0 aliphatic carbocycles. The number of rotatable bonds is 12. The average molecular weight is 309 g/mol. The quantitative estimate of drug-likeness (QED) is 0.260. The van der Waals surface area contributed by atoms with Crippen LogP contribution in [0.1, 0.15) is 89.7 Å². The summed E-state index contributed by atoms with van der Waals surface area (Å²) in [7, 11) is 0. The van der Waals surface area contributed by atoms with E-state index in [9.17, 15) is 0 Å². The summed E-state index contributed by atoms with van der Waals surface area (Å²) in [6.45, 7) is 4.55. The van der Waals surface area contributed by atoms with Crippen molar-refractivity contribution >= 4 is 11.8 Å². The molecular formula is C18H32N2S. The Labute approximate surface area is 135 Å². The van der Waals surface area contributed by atoms with Crippen molar-refractivity contribution < 1.29 is 0 Å². The fourth-order valence-electron chi connectivity index (χ4n) is 2.75. The van der Waals surface area contributed by atoms with Crippen LogP contribution in [0.25, 0.3) is 0 Å². The third-order valence-electron chi connectivity index (χ3n) is 4.07. The van der Waals surface area contributed by atoms with Crippen LogP contribution in [-0.2, 0) is 0 Å². The third kappa shape index (κ3) is 7.85. The largest absolute Gasteiger partial charge is 0.231 e. The summed E-state index contributed by atoms with van der Waals surface area (Å²) in [5.41, 5.74) is 1.27. The first-order chi connectivity index (χ1) is 10.3. The molecule has 0 spiro atoms. The first kappa shape index (κ1) is 18.5. The average Bonchev–Trinajstić information content (AvgIpc) is 2.53. The van der Waals surface area contributed by atoms with Gasteiger partial charge in [0.05, 0.1) is 0 Å². The van der Waals surface area contributed by atoms with Gasteiger partial charge in [-0.2, -0.15) is 0 Å². The highest BCUT2D eigenvalue weighted by atomic mass is 32.2. The molecule has 0 fully saturated rings. The van der Waals surface area contributed by atoms with E-state index in [-0.39, 0.29) is 0 Å². The summed E-state index contributed by atoms with van der Waals surface area (Å²) >= 11 is 1.64. The zero-order chi connectivity index (χ0) is 15.3. The lowest BCUT2D eigenvalue weighted by Gasteiger charge is -2.16. The SMILES string of the molecule is CCCCCCC(CCCCCC)c1ccnc(SC)n1. The number of hydrogen-bond acceptors (Lipinski definition) is 3. The van der Waals surface area contributed by atoms with Crippen LogP contribution in [-0.4, -0.2) is 16.2 Å². The minimum absolute atomic E-state index is 0.632. The highest BCUT2D eigenvalue weighted by Gasteiger charge is 2.13. The first-order valence-electron chi connectivity index (χ1n) is 8.68. The molecule has 0 amide bonds. The Morgan fingerprint density at radius 3 is 2.10 bits per heavy atom. The molecule has 1 aromatic heterocycles. The fourth-order valence-corrected chi connectivity index (χ4v) is 3.12. The van der Waals surface area contributed by atoms with Crippen molar-refractivity contribution in [1.82, 2.24) is 9.97 Å². The van der Waals surface area contributed by atoms with Crippen molar-refractivity contribution in [3.8, 4) is 0 Å². The maximum absolute atomic E-state index is 4.74. The van der Waals surface area contributed by atoms with E-state index in [0.717, 1.165) is 5.16 Å². The van der Waals surface area contributed by atoms with Gasteiger partial charge in [0, 0.05) is 17.8 Å². The number of thioether (sulfide) groups is 1. The van der Waals surface area contributed by atoms with Crippen molar-refractivity contribution in [3.05, 3.63) is 18.0 Å². The molecule has 0 radical (unpaired) electrons. The molecule has 21 heavy (non-hydrogen) atoms. The molecule has 1 aromatic rings. The summed E-state index contributed by atoms with van der Waals surface area (Å²) in [5.74, 6) is 0.632. The van der Waals surface area contributed by atoms with Gasteiger partial charge in [-0.25, -0.2) is 9.97 Å². The second kappa shape index (κ2) is 12.0. The van der Waals surface area contributed by atoms with Gasteiger partial charge in [-0.05, 0) is 25.2 Å². The zero-order valence-electron chi connectivity index (χ0n) is 14.1. The maximum Gasteiger partial charge on any atom is 0.187 e. The molecule has 0 saturated heterocycles. The Balaban J connectivity index is 2.56. The number of nitrogens with zero attached hydrogens (tertiary/aromatic N) is 2. The summed E-state index contributed by atoms with van der Waals surface area (Å²) in [4.78, 5) is 9.05. The first-order valence-corrected chi connectivity index (χ1v) is 9.91. The van der Waals surface area contributed by atoms with Gasteiger partial charge in [-0.15, -0.1) is 0 Å². The van der Waals surface area contributed by atoms with Crippen LogP contribution in [0.4, 0.5) is 0 Å². The van der Waals surface area contributed by atoms with Gasteiger partial charge < -0.3 is 0 Å². The van der Waals surface area contributed by atoms with Gasteiger partial charge in [-0.1, -0.05) is 77.0 Å². The summed E-state index contributed by atoms with van der Waals surface area (Å²) in [6.07, 6.45) is 17.3. The van der Waals surface area contributed by atoms with Crippen molar-refractivity contribution in [2.45, 2.75) is 89.1 Å². The van der Waals surface area contributed by atoms with E-state index in [0.29, 0.717) is 5.92 Å². The molecule has 2 nitrogen and oxygen atoms in total. The predicted molar refractivity (Wildman–Crippen MR) is 94.1 cm³/mol. The van der Waals surface area contributed by atoms with Gasteiger partial charge in [0.15, 0.2) is 5.16 Å². The van der Waals surface area contributed by atoms with Crippen molar-refractivity contribution in [3.63, 3.8) is 0 Å². The molecule has 1 rings (SSSR count). The monoisotopic (exact) mass is 308 g/mol. The summed E-state index contributed by atoms with van der Waals surface area (Å²) in [6, 6.07) is 2.13. The second-order valence-electron chi connectivity index (χ2n) is 5.86. The van der Waals surface area contributed by atoms with E-state index in [2.05, 4.69) is 31.2 Å². The van der Waals surface area contributed by atoms with Crippen LogP contribution in [0.15, 0.2) is 17.4 Å². The lowest BCUT2D eigenvalue weighted by atomic mass is 9.91. The van der Waals surface area contributed by atoms with Crippen LogP contribution in [0, 0.1) is 0 Å². The van der Waals surface area contributed by atoms with Gasteiger partial charge in [0.1, 0.15) is 0 Å². The predicted octanol–water partition coefficient (Wildman–Crippen LogP) is 6.22. The Bertz CT molecular complexity index is 356. The molecule has 0 N–H and O–H groups in total. The van der Waals surface area contributed by atoms with Crippen molar-refractivity contribution in [2.75, 3.05) is 6.26 Å². The van der Waals surface area contributed by atoms with E-state index in [1.807, 2.05) is 6.20 Å². The third-order valence-corrected chi connectivity index (χ3v) is 4.63. The van der Waals surface area contributed by atoms with Crippen LogP contribution in [0.3, 0.4) is 0 Å². The van der Waals surface area contributed by atoms with E-state index in [4.69, 9.17) is 4.98 Å². The van der Waals surface area contributed by atoms with E-state index in [1.165, 1.54) is 69.9 Å². The summed E-state index contributed by atoms with van der Waals surface area (Å²) in [5, 5.41) is 0.916. The summed E-state index contributed by atoms with van der Waals surface area (Å²) < 4.78 is 0. The van der Waals surface area contributed by atoms with Gasteiger partial charge in [0.2, 0.25) is 0 Å². The van der Waals surface area contributed by atoms with E-state index < -0.39 is 0 Å². The Morgan fingerprint density at radius 2 is 1.57 bits per heavy atom. The van der Waals surface area contributed by atoms with Crippen LogP contribution >= 0.6 is 11.8 Å². The van der Waals surface area contributed by atoms with Gasteiger partial charge in [-0.3, -0.25) is 0 Å². The zero-order valence-corrected chi connectivity index (χ0v) is 14.9. The number of unbranched alkanes of at least 4 members (excludes halogenated alkanes) is 6. The van der Waals surface area contributed by atoms with Crippen LogP contribution in [0.2, 0.25) is 0 Å². The lowest BCUT2D eigenvalue weighted by molar-refractivity contribution is 0.485. The number of hydrogen-bond donors (Lipinski definition) is 0. The normalized spacial score (nSPS) is 11.2. The molecule has 0 aliphatic rings. The number of aromatic nitrogens is 2. The molecule has 0 aliphatic heterocycles.